The lowest BCUT2D eigenvalue weighted by molar-refractivity contribution is 0.379. The number of guanidine groups is 1. The van der Waals surface area contributed by atoms with Crippen molar-refractivity contribution in [2.75, 3.05) is 25.9 Å². The summed E-state index contributed by atoms with van der Waals surface area (Å²) in [5.74, 6) is 1.06. The zero-order chi connectivity index (χ0) is 14.4. The Bertz CT molecular complexity index is 465. The molecule has 0 fully saturated rings. The van der Waals surface area contributed by atoms with E-state index in [1.165, 1.54) is 11.1 Å². The van der Waals surface area contributed by atoms with Gasteiger partial charge in [-0.1, -0.05) is 31.2 Å². The molecule has 1 heterocycles. The first-order chi connectivity index (χ1) is 9.74. The molecule has 0 saturated heterocycles. The number of benzene rings is 1. The van der Waals surface area contributed by atoms with Crippen molar-refractivity contribution in [1.82, 2.24) is 10.2 Å². The van der Waals surface area contributed by atoms with Crippen molar-refractivity contribution in [3.63, 3.8) is 0 Å². The molecule has 0 saturated carbocycles. The Kier molecular flexibility index (Phi) is 8.48. The van der Waals surface area contributed by atoms with Crippen LogP contribution in [0.1, 0.15) is 25.0 Å². The summed E-state index contributed by atoms with van der Waals surface area (Å²) in [5, 5.41) is 4.00. The van der Waals surface area contributed by atoms with Crippen LogP contribution < -0.4 is 5.32 Å². The van der Waals surface area contributed by atoms with Gasteiger partial charge in [0.1, 0.15) is 0 Å². The van der Waals surface area contributed by atoms with Gasteiger partial charge in [-0.25, -0.2) is 0 Å². The molecule has 21 heavy (non-hydrogen) atoms. The van der Waals surface area contributed by atoms with Gasteiger partial charge in [0.05, 0.1) is 6.54 Å². The van der Waals surface area contributed by atoms with Gasteiger partial charge in [0.25, 0.3) is 0 Å². The number of nitrogens with zero attached hydrogens (tertiary/aromatic N) is 2. The van der Waals surface area contributed by atoms with Gasteiger partial charge in [-0.3, -0.25) is 4.99 Å². The third-order valence-corrected chi connectivity index (χ3v) is 4.62. The summed E-state index contributed by atoms with van der Waals surface area (Å²) in [6, 6.07) is 8.73. The second-order valence-electron chi connectivity index (χ2n) is 5.18. The molecule has 0 bridgehead atoms. The van der Waals surface area contributed by atoms with Gasteiger partial charge in [-0.15, -0.1) is 24.0 Å². The quantitative estimate of drug-likeness (QED) is 0.461. The predicted molar refractivity (Wildman–Crippen MR) is 105 cm³/mol. The molecule has 1 aromatic carbocycles. The minimum atomic E-state index is 0. The van der Waals surface area contributed by atoms with Crippen molar-refractivity contribution in [3.8, 4) is 0 Å². The highest BCUT2D eigenvalue weighted by Crippen LogP contribution is 2.18. The van der Waals surface area contributed by atoms with Crippen LogP contribution >= 0.6 is 35.7 Å². The van der Waals surface area contributed by atoms with E-state index in [1.54, 1.807) is 0 Å². The summed E-state index contributed by atoms with van der Waals surface area (Å²) in [6.07, 6.45) is 3.25. The Morgan fingerprint density at radius 1 is 1.38 bits per heavy atom. The molecule has 1 aliphatic heterocycles. The average molecular weight is 419 g/mol. The third kappa shape index (κ3) is 5.36. The normalized spacial score (nSPS) is 16.0. The van der Waals surface area contributed by atoms with Crippen molar-refractivity contribution in [1.29, 1.82) is 0 Å². The first kappa shape index (κ1) is 18.6. The molecular weight excluding hydrogens is 393 g/mol. The van der Waals surface area contributed by atoms with Crippen LogP contribution in [0.15, 0.2) is 29.3 Å². The van der Waals surface area contributed by atoms with E-state index in [9.17, 15) is 0 Å². The second-order valence-corrected chi connectivity index (χ2v) is 6.46. The molecule has 0 radical (unpaired) electrons. The van der Waals surface area contributed by atoms with Crippen LogP contribution in [0.4, 0.5) is 0 Å². The van der Waals surface area contributed by atoms with E-state index in [0.717, 1.165) is 38.6 Å². The number of aliphatic imine (C=N–C) groups is 1. The average Bonchev–Trinajstić information content (AvgIpc) is 2.50. The van der Waals surface area contributed by atoms with Crippen molar-refractivity contribution < 1.29 is 0 Å². The van der Waals surface area contributed by atoms with Crippen molar-refractivity contribution in [3.05, 3.63) is 35.4 Å². The summed E-state index contributed by atoms with van der Waals surface area (Å²) >= 11 is 1.87. The van der Waals surface area contributed by atoms with Crippen molar-refractivity contribution in [2.24, 2.45) is 4.99 Å². The molecule has 0 amide bonds. The van der Waals surface area contributed by atoms with Crippen LogP contribution in [-0.2, 0) is 13.0 Å². The lowest BCUT2D eigenvalue weighted by Crippen LogP contribution is -2.44. The Morgan fingerprint density at radius 2 is 2.10 bits per heavy atom. The number of rotatable bonds is 4. The van der Waals surface area contributed by atoms with Gasteiger partial charge in [0.15, 0.2) is 5.96 Å². The van der Waals surface area contributed by atoms with Crippen LogP contribution in [0.2, 0.25) is 0 Å². The zero-order valence-electron chi connectivity index (χ0n) is 13.1. The number of halogens is 1. The summed E-state index contributed by atoms with van der Waals surface area (Å²) in [7, 11) is 0. The van der Waals surface area contributed by atoms with Crippen LogP contribution in [0.25, 0.3) is 0 Å². The number of hydrogen-bond acceptors (Lipinski definition) is 2. The van der Waals surface area contributed by atoms with E-state index in [2.05, 4.69) is 54.6 Å². The fraction of sp³-hybridized carbons (Fsp3) is 0.562. The highest BCUT2D eigenvalue weighted by molar-refractivity contribution is 14.0. The topological polar surface area (TPSA) is 27.6 Å². The van der Waals surface area contributed by atoms with Gasteiger partial charge < -0.3 is 10.2 Å². The van der Waals surface area contributed by atoms with Gasteiger partial charge >= 0.3 is 0 Å². The molecule has 1 unspecified atom stereocenters. The van der Waals surface area contributed by atoms with E-state index >= 15 is 0 Å². The maximum atomic E-state index is 4.79. The molecular formula is C16H26IN3S. The highest BCUT2D eigenvalue weighted by atomic mass is 127. The zero-order valence-corrected chi connectivity index (χ0v) is 16.3. The first-order valence-corrected chi connectivity index (χ1v) is 8.66. The molecule has 3 nitrogen and oxygen atoms in total. The maximum Gasteiger partial charge on any atom is 0.194 e. The molecule has 1 atom stereocenters. The van der Waals surface area contributed by atoms with Crippen LogP contribution in [0, 0.1) is 0 Å². The van der Waals surface area contributed by atoms with Gasteiger partial charge in [0.2, 0.25) is 0 Å². The van der Waals surface area contributed by atoms with Crippen molar-refractivity contribution >= 4 is 41.7 Å². The first-order valence-electron chi connectivity index (χ1n) is 7.37. The largest absolute Gasteiger partial charge is 0.357 e. The van der Waals surface area contributed by atoms with E-state index in [0.29, 0.717) is 5.25 Å². The molecule has 0 spiro atoms. The van der Waals surface area contributed by atoms with Gasteiger partial charge in [-0.05, 0) is 30.7 Å². The minimum absolute atomic E-state index is 0. The lowest BCUT2D eigenvalue weighted by atomic mass is 10.0. The van der Waals surface area contributed by atoms with E-state index in [4.69, 9.17) is 4.99 Å². The molecule has 1 aliphatic rings. The Hall–Kier alpha value is -0.430. The van der Waals surface area contributed by atoms with E-state index in [-0.39, 0.29) is 24.0 Å². The Morgan fingerprint density at radius 3 is 2.76 bits per heavy atom. The molecule has 118 valence electrons. The molecule has 2 rings (SSSR count). The SMILES string of the molecule is CCNC(=NCC(C)SC)N1CCc2ccccc2C1.I. The maximum absolute atomic E-state index is 4.79. The molecule has 1 N–H and O–H groups in total. The van der Waals surface area contributed by atoms with Gasteiger partial charge in [-0.2, -0.15) is 11.8 Å². The summed E-state index contributed by atoms with van der Waals surface area (Å²) in [5.41, 5.74) is 2.92. The lowest BCUT2D eigenvalue weighted by Gasteiger charge is -2.31. The fourth-order valence-corrected chi connectivity index (χ4v) is 2.62. The fourth-order valence-electron chi connectivity index (χ4n) is 2.39. The number of nitrogens with one attached hydrogen (secondary N) is 1. The molecule has 0 aromatic heterocycles. The monoisotopic (exact) mass is 419 g/mol. The summed E-state index contributed by atoms with van der Waals surface area (Å²) < 4.78 is 0. The van der Waals surface area contributed by atoms with Crippen molar-refractivity contribution in [2.45, 2.75) is 32.1 Å². The Balaban J connectivity index is 0.00000220. The highest BCUT2D eigenvalue weighted by Gasteiger charge is 2.18. The van der Waals surface area contributed by atoms with E-state index < -0.39 is 0 Å². The standard InChI is InChI=1S/C16H25N3S.HI/c1-4-17-16(18-11-13(2)20-3)19-10-9-14-7-5-6-8-15(14)12-19;/h5-8,13H,4,9-12H2,1-3H3,(H,17,18);1H. The predicted octanol–water partition coefficient (Wildman–Crippen LogP) is 3.38. The number of thioether (sulfide) groups is 1. The van der Waals surface area contributed by atoms with Crippen LogP contribution in [0.3, 0.4) is 0 Å². The Labute approximate surface area is 150 Å². The smallest absolute Gasteiger partial charge is 0.194 e. The third-order valence-electron chi connectivity index (χ3n) is 3.67. The second kappa shape index (κ2) is 9.56. The summed E-state index contributed by atoms with van der Waals surface area (Å²) in [4.78, 5) is 7.17. The molecule has 1 aromatic rings. The summed E-state index contributed by atoms with van der Waals surface area (Å²) in [6.45, 7) is 8.17. The minimum Gasteiger partial charge on any atom is -0.357 e. The van der Waals surface area contributed by atoms with Gasteiger partial charge in [0, 0.05) is 24.9 Å². The van der Waals surface area contributed by atoms with Crippen LogP contribution in [0.5, 0.6) is 0 Å². The van der Waals surface area contributed by atoms with Crippen LogP contribution in [-0.4, -0.2) is 42.0 Å². The molecule has 0 aliphatic carbocycles. The number of hydrogen-bond donors (Lipinski definition) is 1. The number of fused-ring (bicyclic) bond motifs is 1. The molecule has 5 heteroatoms. The van der Waals surface area contributed by atoms with E-state index in [1.807, 2.05) is 11.8 Å².